The molecule has 0 radical (unpaired) electrons. The Morgan fingerprint density at radius 2 is 1.94 bits per heavy atom. The predicted molar refractivity (Wildman–Crippen MR) is 119 cm³/mol. The number of benzene rings is 1. The fourth-order valence-electron chi connectivity index (χ4n) is 5.82. The summed E-state index contributed by atoms with van der Waals surface area (Å²) in [7, 11) is -1.68. The number of carbonyl (C=O) groups excluding carboxylic acids is 3. The molecule has 1 aromatic carbocycles. The molecule has 178 valence electrons. The Balaban J connectivity index is 1.36. The first-order valence-electron chi connectivity index (χ1n) is 11.4. The minimum atomic E-state index is -3.35. The van der Waals surface area contributed by atoms with Crippen LogP contribution in [0.3, 0.4) is 0 Å². The normalized spacial score (nSPS) is 28.9. The van der Waals surface area contributed by atoms with E-state index in [4.69, 9.17) is 0 Å². The highest BCUT2D eigenvalue weighted by Crippen LogP contribution is 2.38. The number of nitrogens with one attached hydrogen (secondary N) is 3. The van der Waals surface area contributed by atoms with Crippen molar-refractivity contribution in [1.29, 1.82) is 0 Å². The summed E-state index contributed by atoms with van der Waals surface area (Å²) in [6, 6.07) is 4.74. The van der Waals surface area contributed by atoms with Crippen LogP contribution in [0.2, 0.25) is 0 Å². The SMILES string of the molecule is CN1C2(CCNCC2)C(NCc2cccc3c2C(=O)N(C2CCC(=O)NC2=O)C3)CS1(=O)=O. The van der Waals surface area contributed by atoms with Gasteiger partial charge in [-0.1, -0.05) is 18.2 Å². The second-order valence-corrected chi connectivity index (χ2v) is 11.4. The summed E-state index contributed by atoms with van der Waals surface area (Å²) in [5, 5.41) is 9.09. The highest BCUT2D eigenvalue weighted by Gasteiger charge is 2.54. The topological polar surface area (TPSA) is 128 Å². The molecule has 3 fully saturated rings. The monoisotopic (exact) mass is 475 g/mol. The lowest BCUT2D eigenvalue weighted by molar-refractivity contribution is -0.136. The molecule has 0 bridgehead atoms. The van der Waals surface area contributed by atoms with Crippen LogP contribution in [0.1, 0.15) is 47.2 Å². The molecule has 5 rings (SSSR count). The van der Waals surface area contributed by atoms with Gasteiger partial charge in [-0.3, -0.25) is 19.7 Å². The first-order chi connectivity index (χ1) is 15.7. The van der Waals surface area contributed by atoms with Gasteiger partial charge in [-0.15, -0.1) is 0 Å². The van der Waals surface area contributed by atoms with E-state index in [0.29, 0.717) is 25.1 Å². The standard InChI is InChI=1S/C22H29N5O5S/c1-26-22(7-9-23-10-8-22)17(13-33(26,31)32)24-11-14-3-2-4-15-12-27(21(30)19(14)15)16-5-6-18(28)25-20(16)29/h2-4,16-17,23-24H,5-13H2,1H3,(H,25,28,29). The highest BCUT2D eigenvalue weighted by molar-refractivity contribution is 7.89. The molecular formula is C22H29N5O5S. The van der Waals surface area contributed by atoms with Crippen LogP contribution >= 0.6 is 0 Å². The Hall–Kier alpha value is -2.34. The summed E-state index contributed by atoms with van der Waals surface area (Å²) in [4.78, 5) is 38.7. The largest absolute Gasteiger partial charge is 0.322 e. The zero-order valence-corrected chi connectivity index (χ0v) is 19.4. The molecule has 0 saturated carbocycles. The molecule has 1 aromatic rings. The summed E-state index contributed by atoms with van der Waals surface area (Å²) in [6.07, 6.45) is 2.00. The molecule has 2 unspecified atom stereocenters. The van der Waals surface area contributed by atoms with Crippen LogP contribution in [0.5, 0.6) is 0 Å². The van der Waals surface area contributed by atoms with Crippen molar-refractivity contribution in [2.45, 2.75) is 56.4 Å². The van der Waals surface area contributed by atoms with Gasteiger partial charge in [0.2, 0.25) is 21.8 Å². The van der Waals surface area contributed by atoms with Crippen molar-refractivity contribution in [3.05, 3.63) is 34.9 Å². The van der Waals surface area contributed by atoms with Gasteiger partial charge in [-0.2, -0.15) is 4.31 Å². The van der Waals surface area contributed by atoms with Gasteiger partial charge >= 0.3 is 0 Å². The minimum Gasteiger partial charge on any atom is -0.322 e. The van der Waals surface area contributed by atoms with Crippen LogP contribution in [0, 0.1) is 0 Å². The molecule has 10 nitrogen and oxygen atoms in total. The van der Waals surface area contributed by atoms with E-state index in [2.05, 4.69) is 16.0 Å². The number of sulfonamides is 1. The van der Waals surface area contributed by atoms with Crippen molar-refractivity contribution in [1.82, 2.24) is 25.2 Å². The summed E-state index contributed by atoms with van der Waals surface area (Å²) < 4.78 is 27.0. The van der Waals surface area contributed by atoms with Crippen LogP contribution in [0.15, 0.2) is 18.2 Å². The lowest BCUT2D eigenvalue weighted by Gasteiger charge is -2.42. The lowest BCUT2D eigenvalue weighted by Crippen LogP contribution is -2.59. The van der Waals surface area contributed by atoms with Gasteiger partial charge < -0.3 is 15.5 Å². The van der Waals surface area contributed by atoms with Crippen LogP contribution in [-0.4, -0.2) is 78.9 Å². The molecule has 2 atom stereocenters. The number of carbonyl (C=O) groups is 3. The van der Waals surface area contributed by atoms with E-state index in [-0.39, 0.29) is 30.0 Å². The smallest absolute Gasteiger partial charge is 0.255 e. The Kier molecular flexibility index (Phi) is 5.55. The first-order valence-corrected chi connectivity index (χ1v) is 13.0. The van der Waals surface area contributed by atoms with Crippen molar-refractivity contribution < 1.29 is 22.8 Å². The first kappa shape index (κ1) is 22.5. The summed E-state index contributed by atoms with van der Waals surface area (Å²) >= 11 is 0. The number of rotatable bonds is 4. The van der Waals surface area contributed by atoms with Crippen LogP contribution in [0.4, 0.5) is 0 Å². The van der Waals surface area contributed by atoms with E-state index in [1.54, 1.807) is 11.4 Å². The van der Waals surface area contributed by atoms with E-state index >= 15 is 0 Å². The van der Waals surface area contributed by atoms with Crippen LogP contribution < -0.4 is 16.0 Å². The number of amides is 3. The van der Waals surface area contributed by atoms with Gasteiger partial charge in [-0.25, -0.2) is 8.42 Å². The Morgan fingerprint density at radius 3 is 2.67 bits per heavy atom. The maximum atomic E-state index is 13.3. The van der Waals surface area contributed by atoms with Crippen molar-refractivity contribution in [3.63, 3.8) is 0 Å². The molecule has 0 aliphatic carbocycles. The van der Waals surface area contributed by atoms with Crippen molar-refractivity contribution >= 4 is 27.7 Å². The Morgan fingerprint density at radius 1 is 1.18 bits per heavy atom. The predicted octanol–water partition coefficient (Wildman–Crippen LogP) is -0.697. The van der Waals surface area contributed by atoms with Gasteiger partial charge in [-0.05, 0) is 43.5 Å². The zero-order valence-electron chi connectivity index (χ0n) is 18.6. The maximum absolute atomic E-state index is 13.3. The van der Waals surface area contributed by atoms with E-state index in [1.165, 1.54) is 4.90 Å². The molecule has 3 amide bonds. The Bertz CT molecular complexity index is 1110. The molecule has 1 spiro atoms. The van der Waals surface area contributed by atoms with E-state index < -0.39 is 27.5 Å². The van der Waals surface area contributed by atoms with Gasteiger partial charge in [0, 0.05) is 38.2 Å². The third-order valence-corrected chi connectivity index (χ3v) is 9.67. The van der Waals surface area contributed by atoms with Gasteiger partial charge in [0.15, 0.2) is 0 Å². The quantitative estimate of drug-likeness (QED) is 0.492. The number of hydrogen-bond acceptors (Lipinski definition) is 7. The fraction of sp³-hybridized carbons (Fsp3) is 0.591. The summed E-state index contributed by atoms with van der Waals surface area (Å²) in [5.41, 5.74) is 1.74. The van der Waals surface area contributed by atoms with Crippen LogP contribution in [0.25, 0.3) is 0 Å². The molecule has 33 heavy (non-hydrogen) atoms. The molecule has 3 N–H and O–H groups in total. The second kappa shape index (κ2) is 8.15. The van der Waals surface area contributed by atoms with Gasteiger partial charge in [0.1, 0.15) is 6.04 Å². The number of fused-ring (bicyclic) bond motifs is 1. The van der Waals surface area contributed by atoms with Gasteiger partial charge in [0.25, 0.3) is 5.91 Å². The molecule has 0 aromatic heterocycles. The third kappa shape index (κ3) is 3.67. The average molecular weight is 476 g/mol. The minimum absolute atomic E-state index is 0.0366. The third-order valence-electron chi connectivity index (χ3n) is 7.72. The van der Waals surface area contributed by atoms with Crippen LogP contribution in [-0.2, 0) is 32.7 Å². The summed E-state index contributed by atoms with van der Waals surface area (Å²) in [5.74, 6) is -0.924. The number of imide groups is 1. The molecule has 4 aliphatic heterocycles. The van der Waals surface area contributed by atoms with Gasteiger partial charge in [0.05, 0.1) is 11.3 Å². The zero-order chi connectivity index (χ0) is 23.4. The van der Waals surface area contributed by atoms with E-state index in [9.17, 15) is 22.8 Å². The Labute approximate surface area is 193 Å². The summed E-state index contributed by atoms with van der Waals surface area (Å²) in [6.45, 7) is 2.21. The fourth-order valence-corrected chi connectivity index (χ4v) is 7.75. The highest BCUT2D eigenvalue weighted by atomic mass is 32.2. The number of hydrogen-bond donors (Lipinski definition) is 3. The van der Waals surface area contributed by atoms with E-state index in [0.717, 1.165) is 37.1 Å². The average Bonchev–Trinajstić information content (AvgIpc) is 3.21. The number of piperidine rings is 2. The number of likely N-dealkylation sites (N-methyl/N-ethyl adjacent to an activating group) is 1. The maximum Gasteiger partial charge on any atom is 0.255 e. The van der Waals surface area contributed by atoms with Crippen molar-refractivity contribution in [2.24, 2.45) is 0 Å². The lowest BCUT2D eigenvalue weighted by atomic mass is 9.82. The molecule has 4 heterocycles. The van der Waals surface area contributed by atoms with E-state index in [1.807, 2.05) is 18.2 Å². The second-order valence-electron chi connectivity index (χ2n) is 9.38. The van der Waals surface area contributed by atoms with Crippen molar-refractivity contribution in [3.8, 4) is 0 Å². The molecular weight excluding hydrogens is 446 g/mol. The number of nitrogens with zero attached hydrogens (tertiary/aromatic N) is 2. The van der Waals surface area contributed by atoms with Crippen molar-refractivity contribution in [2.75, 3.05) is 25.9 Å². The molecule has 3 saturated heterocycles. The molecule has 4 aliphatic rings. The molecule has 11 heteroatoms.